The Morgan fingerprint density at radius 2 is 2.33 bits per heavy atom. The Balaban J connectivity index is 1.82. The predicted molar refractivity (Wildman–Crippen MR) is 76.0 cm³/mol. The highest BCUT2D eigenvalue weighted by Gasteiger charge is 2.59. The fourth-order valence-electron chi connectivity index (χ4n) is 3.31. The number of hydrogen-bond donors (Lipinski definition) is 1. The minimum atomic E-state index is 0.146. The van der Waals surface area contributed by atoms with E-state index in [2.05, 4.69) is 40.1 Å². The molecule has 3 atom stereocenters. The number of rotatable bonds is 2. The van der Waals surface area contributed by atoms with Crippen molar-refractivity contribution < 1.29 is 4.74 Å². The third-order valence-electron chi connectivity index (χ3n) is 4.22. The van der Waals surface area contributed by atoms with Crippen molar-refractivity contribution in [2.75, 3.05) is 11.9 Å². The van der Waals surface area contributed by atoms with Crippen LogP contribution in [0, 0.1) is 11.3 Å². The topological polar surface area (TPSA) is 34.2 Å². The Morgan fingerprint density at radius 1 is 1.56 bits per heavy atom. The van der Waals surface area contributed by atoms with E-state index in [0.717, 1.165) is 23.2 Å². The average molecular weight is 332 g/mol. The molecule has 3 rings (SSSR count). The second kappa shape index (κ2) is 4.36. The van der Waals surface area contributed by atoms with Gasteiger partial charge in [0.1, 0.15) is 0 Å². The first-order valence-electron chi connectivity index (χ1n) is 6.19. The van der Waals surface area contributed by atoms with Crippen LogP contribution in [0.15, 0.2) is 16.7 Å². The maximum absolute atomic E-state index is 6.13. The summed E-state index contributed by atoms with van der Waals surface area (Å²) in [6, 6.07) is 2.38. The Labute approximate surface area is 120 Å². The van der Waals surface area contributed by atoms with Gasteiger partial charge in [-0.25, -0.2) is 4.98 Å². The molecule has 0 aromatic carbocycles. The number of aromatic nitrogens is 1. The number of anilines is 1. The van der Waals surface area contributed by atoms with Crippen molar-refractivity contribution in [2.24, 2.45) is 11.3 Å². The molecule has 1 saturated carbocycles. The smallest absolute Gasteiger partial charge is 0.152 e. The summed E-state index contributed by atoms with van der Waals surface area (Å²) >= 11 is 9.56. The van der Waals surface area contributed by atoms with Gasteiger partial charge < -0.3 is 10.1 Å². The van der Waals surface area contributed by atoms with Gasteiger partial charge in [-0.3, -0.25) is 0 Å². The standard InChI is InChI=1S/C13H16BrClN2O/c1-13(2)10(8-3-4-18-11(8)13)17-9-5-7(14)6-16-12(9)15/h5-6,8,10-11,17H,3-4H2,1-2H3. The number of pyridine rings is 1. The molecule has 18 heavy (non-hydrogen) atoms. The van der Waals surface area contributed by atoms with Crippen molar-refractivity contribution in [1.29, 1.82) is 0 Å². The summed E-state index contributed by atoms with van der Waals surface area (Å²) in [6.07, 6.45) is 3.22. The molecule has 3 unspecified atom stereocenters. The third kappa shape index (κ3) is 1.86. The van der Waals surface area contributed by atoms with E-state index in [4.69, 9.17) is 16.3 Å². The van der Waals surface area contributed by atoms with Crippen LogP contribution in [0.5, 0.6) is 0 Å². The Kier molecular flexibility index (Phi) is 3.07. The molecule has 1 aromatic rings. The van der Waals surface area contributed by atoms with Crippen LogP contribution in [0.1, 0.15) is 20.3 Å². The largest absolute Gasteiger partial charge is 0.379 e. The highest BCUT2D eigenvalue weighted by Crippen LogP contribution is 2.53. The van der Waals surface area contributed by atoms with E-state index in [1.54, 1.807) is 6.20 Å². The first kappa shape index (κ1) is 12.7. The van der Waals surface area contributed by atoms with E-state index in [1.165, 1.54) is 0 Å². The summed E-state index contributed by atoms with van der Waals surface area (Å²) < 4.78 is 6.73. The fourth-order valence-corrected chi connectivity index (χ4v) is 3.80. The highest BCUT2D eigenvalue weighted by molar-refractivity contribution is 9.10. The summed E-state index contributed by atoms with van der Waals surface area (Å²) in [7, 11) is 0. The summed E-state index contributed by atoms with van der Waals surface area (Å²) in [5.74, 6) is 0.593. The number of hydrogen-bond acceptors (Lipinski definition) is 3. The third-order valence-corrected chi connectivity index (χ3v) is 4.95. The van der Waals surface area contributed by atoms with Gasteiger partial charge in [-0.15, -0.1) is 0 Å². The van der Waals surface area contributed by atoms with Crippen LogP contribution in [0.25, 0.3) is 0 Å². The molecular weight excluding hydrogens is 316 g/mol. The lowest BCUT2D eigenvalue weighted by molar-refractivity contribution is -0.0923. The summed E-state index contributed by atoms with van der Waals surface area (Å²) in [5, 5.41) is 4.07. The Morgan fingerprint density at radius 3 is 3.11 bits per heavy atom. The van der Waals surface area contributed by atoms with E-state index in [0.29, 0.717) is 23.2 Å². The van der Waals surface area contributed by atoms with Gasteiger partial charge in [-0.1, -0.05) is 25.4 Å². The monoisotopic (exact) mass is 330 g/mol. The number of halogens is 2. The first-order chi connectivity index (χ1) is 8.50. The van der Waals surface area contributed by atoms with Crippen LogP contribution in [0.3, 0.4) is 0 Å². The van der Waals surface area contributed by atoms with Crippen LogP contribution in [0.2, 0.25) is 5.15 Å². The lowest BCUT2D eigenvalue weighted by Gasteiger charge is -2.55. The zero-order valence-corrected chi connectivity index (χ0v) is 12.8. The predicted octanol–water partition coefficient (Wildman–Crippen LogP) is 3.72. The molecule has 98 valence electrons. The number of ether oxygens (including phenoxy) is 1. The Hall–Kier alpha value is -0.320. The second-order valence-electron chi connectivity index (χ2n) is 5.68. The van der Waals surface area contributed by atoms with E-state index >= 15 is 0 Å². The highest BCUT2D eigenvalue weighted by atomic mass is 79.9. The van der Waals surface area contributed by atoms with Crippen LogP contribution in [0.4, 0.5) is 5.69 Å². The quantitative estimate of drug-likeness (QED) is 0.839. The molecule has 0 spiro atoms. The molecule has 0 bridgehead atoms. The van der Waals surface area contributed by atoms with E-state index < -0.39 is 0 Å². The maximum Gasteiger partial charge on any atom is 0.152 e. The SMILES string of the molecule is CC1(C)C(Nc2cc(Br)cnc2Cl)C2CCOC21. The summed E-state index contributed by atoms with van der Waals surface area (Å²) in [4.78, 5) is 4.15. The minimum absolute atomic E-state index is 0.146. The molecule has 2 heterocycles. The lowest BCUT2D eigenvalue weighted by atomic mass is 9.57. The molecule has 1 aromatic heterocycles. The molecule has 5 heteroatoms. The van der Waals surface area contributed by atoms with Gasteiger partial charge >= 0.3 is 0 Å². The summed E-state index contributed by atoms with van der Waals surface area (Å²) in [6.45, 7) is 5.37. The van der Waals surface area contributed by atoms with Gasteiger partial charge in [-0.2, -0.15) is 0 Å². The minimum Gasteiger partial charge on any atom is -0.379 e. The number of nitrogens with one attached hydrogen (secondary N) is 1. The summed E-state index contributed by atoms with van der Waals surface area (Å²) in [5.41, 5.74) is 1.04. The Bertz CT molecular complexity index is 480. The van der Waals surface area contributed by atoms with Crippen molar-refractivity contribution >= 4 is 33.2 Å². The molecule has 3 nitrogen and oxygen atoms in total. The number of nitrogens with zero attached hydrogens (tertiary/aromatic N) is 1. The van der Waals surface area contributed by atoms with Gasteiger partial charge in [0, 0.05) is 34.7 Å². The van der Waals surface area contributed by atoms with E-state index in [-0.39, 0.29) is 5.41 Å². The van der Waals surface area contributed by atoms with Crippen LogP contribution in [-0.2, 0) is 4.74 Å². The first-order valence-corrected chi connectivity index (χ1v) is 7.36. The molecule has 0 radical (unpaired) electrons. The van der Waals surface area contributed by atoms with Crippen LogP contribution < -0.4 is 5.32 Å². The van der Waals surface area contributed by atoms with Crippen LogP contribution in [-0.4, -0.2) is 23.7 Å². The normalized spacial score (nSPS) is 32.8. The molecule has 1 N–H and O–H groups in total. The molecule has 2 fully saturated rings. The van der Waals surface area contributed by atoms with Gasteiger partial charge in [0.25, 0.3) is 0 Å². The van der Waals surface area contributed by atoms with E-state index in [9.17, 15) is 0 Å². The van der Waals surface area contributed by atoms with E-state index in [1.807, 2.05) is 6.07 Å². The molecule has 1 saturated heterocycles. The zero-order chi connectivity index (χ0) is 12.9. The van der Waals surface area contributed by atoms with Crippen molar-refractivity contribution in [1.82, 2.24) is 4.98 Å². The molecule has 1 aliphatic heterocycles. The van der Waals surface area contributed by atoms with Crippen molar-refractivity contribution in [2.45, 2.75) is 32.4 Å². The van der Waals surface area contributed by atoms with Crippen molar-refractivity contribution in [3.8, 4) is 0 Å². The molecule has 1 aliphatic carbocycles. The second-order valence-corrected chi connectivity index (χ2v) is 6.95. The fraction of sp³-hybridized carbons (Fsp3) is 0.615. The zero-order valence-electron chi connectivity index (χ0n) is 10.4. The lowest BCUT2D eigenvalue weighted by Crippen LogP contribution is -2.63. The molecular formula is C13H16BrClN2O. The van der Waals surface area contributed by atoms with Gasteiger partial charge in [-0.05, 0) is 28.4 Å². The van der Waals surface area contributed by atoms with Crippen molar-refractivity contribution in [3.63, 3.8) is 0 Å². The molecule has 0 amide bonds. The average Bonchev–Trinajstić information content (AvgIpc) is 2.77. The van der Waals surface area contributed by atoms with Crippen molar-refractivity contribution in [3.05, 3.63) is 21.9 Å². The molecule has 2 aliphatic rings. The van der Waals surface area contributed by atoms with Gasteiger partial charge in [0.05, 0.1) is 11.8 Å². The van der Waals surface area contributed by atoms with Gasteiger partial charge in [0.2, 0.25) is 0 Å². The number of fused-ring (bicyclic) bond motifs is 1. The van der Waals surface area contributed by atoms with Crippen LogP contribution >= 0.6 is 27.5 Å². The van der Waals surface area contributed by atoms with Gasteiger partial charge in [0.15, 0.2) is 5.15 Å². The maximum atomic E-state index is 6.13.